The van der Waals surface area contributed by atoms with Crippen LogP contribution in [0.2, 0.25) is 10.0 Å². The maximum Gasteiger partial charge on any atom is 0.405 e. The number of Topliss-reactive ketones (excluding diaryl/α,β-unsaturated/α-hetero) is 2. The third kappa shape index (κ3) is 11.9. The van der Waals surface area contributed by atoms with Crippen molar-refractivity contribution in [3.63, 3.8) is 0 Å². The minimum Gasteiger partial charge on any atom is -0.497 e. The number of benzene rings is 2. The molecule has 1 saturated heterocycles. The Morgan fingerprint density at radius 3 is 2.23 bits per heavy atom. The molecular formula is C38H39Cl2F5N4O6S. The van der Waals surface area contributed by atoms with Crippen molar-refractivity contribution < 1.29 is 50.7 Å². The van der Waals surface area contributed by atoms with E-state index in [4.69, 9.17) is 27.9 Å². The van der Waals surface area contributed by atoms with Gasteiger partial charge >= 0.3 is 12.1 Å². The second-order valence-corrected chi connectivity index (χ2v) is 15.6. The third-order valence-corrected chi connectivity index (χ3v) is 11.1. The molecule has 1 aromatic heterocycles. The van der Waals surface area contributed by atoms with Crippen LogP contribution in [0.15, 0.2) is 66.9 Å². The van der Waals surface area contributed by atoms with Gasteiger partial charge < -0.3 is 20.3 Å². The molecule has 10 nitrogen and oxygen atoms in total. The van der Waals surface area contributed by atoms with E-state index in [-0.39, 0.29) is 40.4 Å². The summed E-state index contributed by atoms with van der Waals surface area (Å²) < 4.78 is 73.3. The zero-order valence-corrected chi connectivity index (χ0v) is 32.7. The van der Waals surface area contributed by atoms with E-state index in [1.54, 1.807) is 30.3 Å². The molecule has 3 aromatic rings. The topological polar surface area (TPSA) is 135 Å². The normalized spacial score (nSPS) is 16.9. The van der Waals surface area contributed by atoms with Crippen LogP contribution in [0.3, 0.4) is 0 Å². The average molecular weight is 846 g/mol. The molecule has 3 amide bonds. The van der Waals surface area contributed by atoms with Crippen molar-refractivity contribution in [2.45, 2.75) is 68.3 Å². The van der Waals surface area contributed by atoms with Crippen molar-refractivity contribution in [1.82, 2.24) is 20.5 Å². The lowest BCUT2D eigenvalue weighted by molar-refractivity contribution is -0.167. The molecule has 1 aliphatic heterocycles. The predicted molar refractivity (Wildman–Crippen MR) is 201 cm³/mol. The number of methoxy groups -OCH3 is 1. The van der Waals surface area contributed by atoms with Crippen LogP contribution < -0.4 is 15.4 Å². The van der Waals surface area contributed by atoms with Gasteiger partial charge in [-0.25, -0.2) is 0 Å². The van der Waals surface area contributed by atoms with E-state index in [0.717, 1.165) is 10.9 Å². The maximum absolute atomic E-state index is 15.0. The van der Waals surface area contributed by atoms with Gasteiger partial charge in [0.15, 0.2) is 5.78 Å². The molecule has 302 valence electrons. The number of halogens is 7. The average Bonchev–Trinajstić information content (AvgIpc) is 3.60. The van der Waals surface area contributed by atoms with Crippen LogP contribution in [0.25, 0.3) is 0 Å². The van der Waals surface area contributed by atoms with Gasteiger partial charge in [-0.1, -0.05) is 61.3 Å². The van der Waals surface area contributed by atoms with Gasteiger partial charge in [-0.15, -0.1) is 0 Å². The summed E-state index contributed by atoms with van der Waals surface area (Å²) in [5.41, 5.74) is 1.41. The fourth-order valence-electron chi connectivity index (χ4n) is 6.05. The fraction of sp³-hybridized carbons (Fsp3) is 0.421. The number of pyridine rings is 1. The van der Waals surface area contributed by atoms with Crippen LogP contribution in [0.1, 0.15) is 48.3 Å². The van der Waals surface area contributed by atoms with E-state index in [9.17, 15) is 37.1 Å². The first-order valence-electron chi connectivity index (χ1n) is 17.3. The molecular weight excluding hydrogens is 806 g/mol. The number of nitrogens with one attached hydrogen (secondary N) is 2. The van der Waals surface area contributed by atoms with Gasteiger partial charge in [0.1, 0.15) is 24.0 Å². The van der Waals surface area contributed by atoms with Crippen LogP contribution in [-0.4, -0.2) is 88.8 Å². The number of nitrogens with zero attached hydrogens (tertiary/aromatic N) is 2. The first-order valence-corrected chi connectivity index (χ1v) is 19.1. The molecule has 0 spiro atoms. The molecule has 0 bridgehead atoms. The van der Waals surface area contributed by atoms with Gasteiger partial charge in [0.05, 0.1) is 23.2 Å². The number of carbonyl (C=O) groups excluding carboxylic acids is 5. The summed E-state index contributed by atoms with van der Waals surface area (Å²) in [7, 11) is 1.53. The second-order valence-electron chi connectivity index (χ2n) is 13.5. The highest BCUT2D eigenvalue weighted by molar-refractivity contribution is 7.99. The summed E-state index contributed by atoms with van der Waals surface area (Å²) in [6.45, 7) is 0.606. The summed E-state index contributed by atoms with van der Waals surface area (Å²) in [5.74, 6) is -13.2. The van der Waals surface area contributed by atoms with Crippen molar-refractivity contribution in [2.24, 2.45) is 11.8 Å². The van der Waals surface area contributed by atoms with Crippen LogP contribution in [0.4, 0.5) is 22.0 Å². The Kier molecular flexibility index (Phi) is 15.3. The molecule has 2 heterocycles. The first kappa shape index (κ1) is 44.4. The van der Waals surface area contributed by atoms with E-state index in [1.807, 2.05) is 12.1 Å². The Labute approximate surface area is 334 Å². The lowest BCUT2D eigenvalue weighted by atomic mass is 9.82. The largest absolute Gasteiger partial charge is 0.497 e. The van der Waals surface area contributed by atoms with Gasteiger partial charge in [0, 0.05) is 42.5 Å². The molecule has 2 N–H and O–H groups in total. The van der Waals surface area contributed by atoms with E-state index in [1.165, 1.54) is 62.0 Å². The lowest BCUT2D eigenvalue weighted by Gasteiger charge is -2.30. The number of alkyl halides is 5. The molecule has 0 radical (unpaired) electrons. The minimum absolute atomic E-state index is 0.0000954. The summed E-state index contributed by atoms with van der Waals surface area (Å²) in [6.07, 6.45) is -4.54. The molecule has 18 heteroatoms. The third-order valence-electron chi connectivity index (χ3n) is 9.09. The Bertz CT molecular complexity index is 1890. The van der Waals surface area contributed by atoms with E-state index >= 15 is 8.78 Å². The highest BCUT2D eigenvalue weighted by Gasteiger charge is 2.52. The van der Waals surface area contributed by atoms with E-state index in [2.05, 4.69) is 10.3 Å². The monoisotopic (exact) mass is 844 g/mol. The minimum atomic E-state index is -5.02. The zero-order valence-electron chi connectivity index (χ0n) is 30.4. The molecule has 4 atom stereocenters. The number of rotatable bonds is 17. The number of carbonyl (C=O) groups is 5. The maximum atomic E-state index is 15.0. The number of ether oxygens (including phenoxy) is 1. The first-order chi connectivity index (χ1) is 26.3. The summed E-state index contributed by atoms with van der Waals surface area (Å²) in [6, 6.07) is 13.9. The van der Waals surface area contributed by atoms with Crippen molar-refractivity contribution in [3.8, 4) is 5.75 Å². The summed E-state index contributed by atoms with van der Waals surface area (Å²) >= 11 is 13.8. The Morgan fingerprint density at radius 1 is 0.964 bits per heavy atom. The fourth-order valence-corrected chi connectivity index (χ4v) is 7.58. The number of hydrogen-bond donors (Lipinski definition) is 2. The smallest absolute Gasteiger partial charge is 0.405 e. The van der Waals surface area contributed by atoms with E-state index < -0.39 is 78.3 Å². The van der Waals surface area contributed by atoms with Gasteiger partial charge in [0.25, 0.3) is 11.8 Å². The standard InChI is InChI=1S/C38H39Cl2F5N4O6S/c1-21(2)26(33(51)38(44,45)36(54)47-20-37(41,42)43)17-32(50)31-16-25(56-19-22-7-10-24(55-3)11-8-22)18-49(31)35(53)30(15-23-9-12-27(39)28(40)14-23)48-34(52)29-6-4-5-13-46-29/h4-14,21,25-26,30-31H,15-20H2,1-3H3,(H,47,54)(H,48,52)/t25-,26+,30+,31+/m1/s1. The molecule has 1 aliphatic rings. The summed E-state index contributed by atoms with van der Waals surface area (Å²) in [4.78, 5) is 72.5. The number of hydrogen-bond acceptors (Lipinski definition) is 8. The van der Waals surface area contributed by atoms with Crippen LogP contribution >= 0.6 is 35.0 Å². The second kappa shape index (κ2) is 19.2. The predicted octanol–water partition coefficient (Wildman–Crippen LogP) is 6.76. The molecule has 1 fully saturated rings. The van der Waals surface area contributed by atoms with E-state index in [0.29, 0.717) is 17.1 Å². The van der Waals surface area contributed by atoms with Crippen LogP contribution in [-0.2, 0) is 31.4 Å². The SMILES string of the molecule is COc1ccc(CS[C@@H]2C[C@@H](C(=O)C[C@H](C(=O)C(F)(F)C(=O)NCC(F)(F)F)C(C)C)N(C(=O)[C@H](Cc3ccc(Cl)c(Cl)c3)NC(=O)c3ccccn3)C2)cc1. The Morgan fingerprint density at radius 2 is 1.64 bits per heavy atom. The number of amides is 3. The number of thioether (sulfide) groups is 1. The van der Waals surface area contributed by atoms with Crippen molar-refractivity contribution >= 4 is 64.3 Å². The highest BCUT2D eigenvalue weighted by Crippen LogP contribution is 2.35. The van der Waals surface area contributed by atoms with Crippen LogP contribution in [0, 0.1) is 11.8 Å². The van der Waals surface area contributed by atoms with Crippen LogP contribution in [0.5, 0.6) is 5.75 Å². The number of aromatic nitrogens is 1. The van der Waals surface area contributed by atoms with Gasteiger partial charge in [-0.05, 0) is 59.9 Å². The van der Waals surface area contributed by atoms with Gasteiger partial charge in [0.2, 0.25) is 11.7 Å². The highest BCUT2D eigenvalue weighted by atomic mass is 35.5. The van der Waals surface area contributed by atoms with Gasteiger partial charge in [-0.3, -0.25) is 29.0 Å². The van der Waals surface area contributed by atoms with Crippen molar-refractivity contribution in [3.05, 3.63) is 93.7 Å². The molecule has 4 rings (SSSR count). The molecule has 0 unspecified atom stereocenters. The van der Waals surface area contributed by atoms with Crippen molar-refractivity contribution in [2.75, 3.05) is 20.2 Å². The number of likely N-dealkylation sites (tertiary alicyclic amines) is 1. The molecule has 2 aromatic carbocycles. The molecule has 0 saturated carbocycles. The number of ketones is 2. The lowest BCUT2D eigenvalue weighted by Crippen LogP contribution is -2.54. The summed E-state index contributed by atoms with van der Waals surface area (Å²) in [5, 5.41) is 3.78. The Hall–Kier alpha value is -4.28. The van der Waals surface area contributed by atoms with Crippen molar-refractivity contribution in [1.29, 1.82) is 0 Å². The zero-order chi connectivity index (χ0) is 41.4. The Balaban J connectivity index is 1.65. The quantitative estimate of drug-likeness (QED) is 0.113. The molecule has 56 heavy (non-hydrogen) atoms. The molecule has 0 aliphatic carbocycles. The van der Waals surface area contributed by atoms with Gasteiger partial charge in [-0.2, -0.15) is 33.7 Å².